The van der Waals surface area contributed by atoms with Gasteiger partial charge in [-0.3, -0.25) is 9.58 Å². The monoisotopic (exact) mass is 397 g/mol. The first-order chi connectivity index (χ1) is 14.2. The molecule has 1 fully saturated rings. The van der Waals surface area contributed by atoms with Crippen molar-refractivity contribution in [3.05, 3.63) is 47.5 Å². The van der Waals surface area contributed by atoms with Crippen molar-refractivity contribution in [3.8, 4) is 0 Å². The number of benzene rings is 1. The topological polar surface area (TPSA) is 61.6 Å². The van der Waals surface area contributed by atoms with Gasteiger partial charge in [-0.1, -0.05) is 37.1 Å². The first-order valence-electron chi connectivity index (χ1n) is 10.8. The molecule has 0 atom stereocenters. The average Bonchev–Trinajstić information content (AvgIpc) is 2.96. The van der Waals surface area contributed by atoms with Crippen LogP contribution in [-0.4, -0.2) is 57.2 Å². The number of rotatable bonds is 7. The largest absolute Gasteiger partial charge is 0.357 e. The lowest BCUT2D eigenvalue weighted by molar-refractivity contribution is 0.276. The number of nitrogens with zero attached hydrogens (tertiary/aromatic N) is 6. The second-order valence-electron chi connectivity index (χ2n) is 7.79. The third-order valence-corrected chi connectivity index (χ3v) is 5.49. The van der Waals surface area contributed by atoms with Crippen molar-refractivity contribution in [1.82, 2.24) is 29.9 Å². The zero-order valence-electron chi connectivity index (χ0n) is 18.1. The standard InChI is InChI=1S/C22H35N7/c1-4-23-22(27(2)17-21-25-18-26-28(21)3)24-15-19-11-7-8-12-20(19)16-29-13-9-5-6-10-14-29/h7-8,11-12,18H,4-6,9-10,13-17H2,1-3H3,(H,23,24). The van der Waals surface area contributed by atoms with Crippen molar-refractivity contribution in [1.29, 1.82) is 0 Å². The molecule has 7 nitrogen and oxygen atoms in total. The van der Waals surface area contributed by atoms with E-state index in [1.54, 1.807) is 11.0 Å². The van der Waals surface area contributed by atoms with Crippen LogP contribution in [0.4, 0.5) is 0 Å². The second kappa shape index (κ2) is 11.0. The van der Waals surface area contributed by atoms with Gasteiger partial charge in [0, 0.05) is 27.2 Å². The summed E-state index contributed by atoms with van der Waals surface area (Å²) >= 11 is 0. The smallest absolute Gasteiger partial charge is 0.194 e. The average molecular weight is 398 g/mol. The minimum absolute atomic E-state index is 0.664. The maximum atomic E-state index is 4.92. The fraction of sp³-hybridized carbons (Fsp3) is 0.591. The molecule has 1 aromatic heterocycles. The lowest BCUT2D eigenvalue weighted by Gasteiger charge is -2.23. The molecular weight excluding hydrogens is 362 g/mol. The zero-order valence-corrected chi connectivity index (χ0v) is 18.1. The first kappa shape index (κ1) is 21.3. The van der Waals surface area contributed by atoms with Gasteiger partial charge < -0.3 is 10.2 Å². The molecule has 1 aliphatic rings. The molecule has 1 saturated heterocycles. The Labute approximate surface area is 174 Å². The predicted molar refractivity (Wildman–Crippen MR) is 117 cm³/mol. The molecule has 0 bridgehead atoms. The Balaban J connectivity index is 1.69. The Kier molecular flexibility index (Phi) is 8.04. The lowest BCUT2D eigenvalue weighted by atomic mass is 10.1. The summed E-state index contributed by atoms with van der Waals surface area (Å²) in [5.41, 5.74) is 2.70. The van der Waals surface area contributed by atoms with Gasteiger partial charge in [0.2, 0.25) is 0 Å². The fourth-order valence-electron chi connectivity index (χ4n) is 3.78. The lowest BCUT2D eigenvalue weighted by Crippen LogP contribution is -2.39. The van der Waals surface area contributed by atoms with Gasteiger partial charge in [0.15, 0.2) is 5.96 Å². The fourth-order valence-corrected chi connectivity index (χ4v) is 3.78. The van der Waals surface area contributed by atoms with Gasteiger partial charge in [0.05, 0.1) is 13.1 Å². The Hall–Kier alpha value is -2.41. The Morgan fingerprint density at radius 1 is 1.14 bits per heavy atom. The molecule has 0 unspecified atom stereocenters. The van der Waals surface area contributed by atoms with Crippen LogP contribution in [0.15, 0.2) is 35.6 Å². The van der Waals surface area contributed by atoms with Gasteiger partial charge in [-0.05, 0) is 44.0 Å². The highest BCUT2D eigenvalue weighted by Gasteiger charge is 2.13. The van der Waals surface area contributed by atoms with Crippen LogP contribution in [0.1, 0.15) is 49.6 Å². The molecule has 0 saturated carbocycles. The van der Waals surface area contributed by atoms with Gasteiger partial charge in [-0.25, -0.2) is 9.98 Å². The quantitative estimate of drug-likeness (QED) is 0.575. The van der Waals surface area contributed by atoms with Crippen molar-refractivity contribution in [2.75, 3.05) is 26.7 Å². The maximum Gasteiger partial charge on any atom is 0.194 e. The molecule has 0 radical (unpaired) electrons. The van der Waals surface area contributed by atoms with E-state index in [0.717, 1.165) is 24.9 Å². The summed E-state index contributed by atoms with van der Waals surface area (Å²) < 4.78 is 1.80. The van der Waals surface area contributed by atoms with E-state index < -0.39 is 0 Å². The normalized spacial score (nSPS) is 15.9. The van der Waals surface area contributed by atoms with Crippen molar-refractivity contribution in [2.45, 2.75) is 52.2 Å². The molecule has 29 heavy (non-hydrogen) atoms. The zero-order chi connectivity index (χ0) is 20.5. The molecule has 0 amide bonds. The number of nitrogens with one attached hydrogen (secondary N) is 1. The predicted octanol–water partition coefficient (Wildman–Crippen LogP) is 2.79. The summed E-state index contributed by atoms with van der Waals surface area (Å²) in [6.07, 6.45) is 6.96. The van der Waals surface area contributed by atoms with E-state index in [-0.39, 0.29) is 0 Å². The van der Waals surface area contributed by atoms with Crippen LogP contribution in [0.3, 0.4) is 0 Å². The SMILES string of the molecule is CCNC(=NCc1ccccc1CN1CCCCCC1)N(C)Cc1ncnn1C. The van der Waals surface area contributed by atoms with Gasteiger partial charge >= 0.3 is 0 Å². The molecule has 1 N–H and O–H groups in total. The number of hydrogen-bond donors (Lipinski definition) is 1. The van der Waals surface area contributed by atoms with Crippen LogP contribution in [0.5, 0.6) is 0 Å². The molecule has 2 aromatic rings. The minimum atomic E-state index is 0.664. The molecule has 7 heteroatoms. The van der Waals surface area contributed by atoms with Gasteiger partial charge in [0.25, 0.3) is 0 Å². The summed E-state index contributed by atoms with van der Waals surface area (Å²) in [6, 6.07) is 8.73. The van der Waals surface area contributed by atoms with Crippen LogP contribution in [0.2, 0.25) is 0 Å². The van der Waals surface area contributed by atoms with E-state index in [0.29, 0.717) is 13.1 Å². The van der Waals surface area contributed by atoms with Crippen LogP contribution >= 0.6 is 0 Å². The van der Waals surface area contributed by atoms with Crippen LogP contribution in [0.25, 0.3) is 0 Å². The summed E-state index contributed by atoms with van der Waals surface area (Å²) in [5, 5.41) is 7.56. The molecule has 1 aliphatic heterocycles. The number of likely N-dealkylation sites (tertiary alicyclic amines) is 1. The molecule has 3 rings (SSSR count). The summed E-state index contributed by atoms with van der Waals surface area (Å²) in [4.78, 5) is 13.9. The van der Waals surface area contributed by atoms with Crippen molar-refractivity contribution >= 4 is 5.96 Å². The van der Waals surface area contributed by atoms with E-state index in [2.05, 4.69) is 56.4 Å². The Bertz CT molecular complexity index is 775. The second-order valence-corrected chi connectivity index (χ2v) is 7.79. The molecule has 1 aromatic carbocycles. The van der Waals surface area contributed by atoms with Crippen LogP contribution in [0, 0.1) is 0 Å². The van der Waals surface area contributed by atoms with E-state index in [9.17, 15) is 0 Å². The summed E-state index contributed by atoms with van der Waals surface area (Å²) in [5.74, 6) is 1.81. The van der Waals surface area contributed by atoms with E-state index >= 15 is 0 Å². The number of aromatic nitrogens is 3. The van der Waals surface area contributed by atoms with Crippen LogP contribution in [-0.2, 0) is 26.7 Å². The molecule has 2 heterocycles. The van der Waals surface area contributed by atoms with E-state index in [1.807, 2.05) is 14.1 Å². The van der Waals surface area contributed by atoms with Gasteiger partial charge in [-0.2, -0.15) is 5.10 Å². The van der Waals surface area contributed by atoms with Crippen molar-refractivity contribution in [2.24, 2.45) is 12.0 Å². The van der Waals surface area contributed by atoms with Crippen molar-refractivity contribution < 1.29 is 0 Å². The number of aryl methyl sites for hydroxylation is 1. The first-order valence-corrected chi connectivity index (χ1v) is 10.8. The highest BCUT2D eigenvalue weighted by molar-refractivity contribution is 5.79. The Morgan fingerprint density at radius 2 is 1.86 bits per heavy atom. The Morgan fingerprint density at radius 3 is 2.52 bits per heavy atom. The highest BCUT2D eigenvalue weighted by Crippen LogP contribution is 2.17. The summed E-state index contributed by atoms with van der Waals surface area (Å²) in [7, 11) is 3.96. The molecule has 0 aliphatic carbocycles. The molecule has 0 spiro atoms. The van der Waals surface area contributed by atoms with Gasteiger partial charge in [-0.15, -0.1) is 0 Å². The highest BCUT2D eigenvalue weighted by atomic mass is 15.4. The van der Waals surface area contributed by atoms with E-state index in [4.69, 9.17) is 4.99 Å². The van der Waals surface area contributed by atoms with Crippen molar-refractivity contribution in [3.63, 3.8) is 0 Å². The number of hydrogen-bond acceptors (Lipinski definition) is 4. The third-order valence-electron chi connectivity index (χ3n) is 5.49. The molecular formula is C22H35N7. The van der Waals surface area contributed by atoms with E-state index in [1.165, 1.54) is 49.9 Å². The van der Waals surface area contributed by atoms with Gasteiger partial charge in [0.1, 0.15) is 12.2 Å². The summed E-state index contributed by atoms with van der Waals surface area (Å²) in [6.45, 7) is 7.71. The number of guanidine groups is 1. The number of aliphatic imine (C=N–C) groups is 1. The minimum Gasteiger partial charge on any atom is -0.357 e. The molecule has 158 valence electrons. The third kappa shape index (κ3) is 6.29. The van der Waals surface area contributed by atoms with Crippen LogP contribution < -0.4 is 5.32 Å². The maximum absolute atomic E-state index is 4.92.